The van der Waals surface area contributed by atoms with Crippen molar-refractivity contribution in [1.82, 2.24) is 10.2 Å². The van der Waals surface area contributed by atoms with Crippen LogP contribution < -0.4 is 5.32 Å². The smallest absolute Gasteiger partial charge is 0.242 e. The summed E-state index contributed by atoms with van der Waals surface area (Å²) >= 11 is 5.94. The number of carbonyl (C=O) groups is 2. The van der Waals surface area contributed by atoms with Crippen molar-refractivity contribution in [3.05, 3.63) is 83.4 Å². The number of halogens is 1. The van der Waals surface area contributed by atoms with Crippen LogP contribution in [0.3, 0.4) is 0 Å². The summed E-state index contributed by atoms with van der Waals surface area (Å²) in [6, 6.07) is 16.6. The van der Waals surface area contributed by atoms with Crippen molar-refractivity contribution in [2.24, 2.45) is 0 Å². The number of rotatable bonds is 9. The molecule has 0 saturated heterocycles. The first kappa shape index (κ1) is 20.7. The lowest BCUT2D eigenvalue weighted by Gasteiger charge is -2.29. The highest BCUT2D eigenvalue weighted by Crippen LogP contribution is 2.15. The fourth-order valence-corrected chi connectivity index (χ4v) is 2.86. The SMILES string of the molecule is C=CCNC(=O)C(C)N(Cc1ccc(Cl)cc1)C(=O)CCc1ccccc1. The van der Waals surface area contributed by atoms with Gasteiger partial charge < -0.3 is 10.2 Å². The lowest BCUT2D eigenvalue weighted by molar-refractivity contribution is -0.140. The number of hydrogen-bond acceptors (Lipinski definition) is 2. The second kappa shape index (κ2) is 10.5. The highest BCUT2D eigenvalue weighted by Gasteiger charge is 2.25. The maximum Gasteiger partial charge on any atom is 0.242 e. The molecule has 2 aromatic carbocycles. The number of amides is 2. The topological polar surface area (TPSA) is 49.4 Å². The third kappa shape index (κ3) is 6.57. The van der Waals surface area contributed by atoms with E-state index in [9.17, 15) is 9.59 Å². The number of benzene rings is 2. The van der Waals surface area contributed by atoms with Gasteiger partial charge in [0.2, 0.25) is 11.8 Å². The average Bonchev–Trinajstić information content (AvgIpc) is 2.70. The summed E-state index contributed by atoms with van der Waals surface area (Å²) in [6.45, 7) is 6.07. The van der Waals surface area contributed by atoms with E-state index < -0.39 is 6.04 Å². The summed E-state index contributed by atoms with van der Waals surface area (Å²) in [7, 11) is 0. The minimum Gasteiger partial charge on any atom is -0.351 e. The average molecular weight is 385 g/mol. The Morgan fingerprint density at radius 3 is 2.41 bits per heavy atom. The maximum atomic E-state index is 12.9. The van der Waals surface area contributed by atoms with Crippen molar-refractivity contribution in [2.45, 2.75) is 32.4 Å². The molecule has 0 heterocycles. The van der Waals surface area contributed by atoms with Crippen LogP contribution in [0.2, 0.25) is 5.02 Å². The Morgan fingerprint density at radius 1 is 1.11 bits per heavy atom. The van der Waals surface area contributed by atoms with Gasteiger partial charge >= 0.3 is 0 Å². The van der Waals surface area contributed by atoms with Crippen molar-refractivity contribution >= 4 is 23.4 Å². The zero-order chi connectivity index (χ0) is 19.6. The molecule has 1 unspecified atom stereocenters. The molecule has 2 amide bonds. The van der Waals surface area contributed by atoms with E-state index in [0.29, 0.717) is 31.0 Å². The van der Waals surface area contributed by atoms with Crippen molar-refractivity contribution in [2.75, 3.05) is 6.54 Å². The van der Waals surface area contributed by atoms with Crippen molar-refractivity contribution in [1.29, 1.82) is 0 Å². The van der Waals surface area contributed by atoms with Gasteiger partial charge in [0.25, 0.3) is 0 Å². The van der Waals surface area contributed by atoms with Gasteiger partial charge in [0.1, 0.15) is 6.04 Å². The Labute approximate surface area is 165 Å². The van der Waals surface area contributed by atoms with Crippen LogP contribution in [0.5, 0.6) is 0 Å². The van der Waals surface area contributed by atoms with Crippen molar-refractivity contribution in [3.63, 3.8) is 0 Å². The van der Waals surface area contributed by atoms with E-state index in [1.54, 1.807) is 30.0 Å². The van der Waals surface area contributed by atoms with Crippen LogP contribution in [-0.2, 0) is 22.6 Å². The molecule has 0 bridgehead atoms. The zero-order valence-electron chi connectivity index (χ0n) is 15.5. The molecule has 2 aromatic rings. The molecule has 0 fully saturated rings. The van der Waals surface area contributed by atoms with E-state index in [-0.39, 0.29) is 11.8 Å². The third-order valence-electron chi connectivity index (χ3n) is 4.32. The molecule has 0 spiro atoms. The van der Waals surface area contributed by atoms with Gasteiger partial charge in [0.15, 0.2) is 0 Å². The second-order valence-electron chi connectivity index (χ2n) is 6.34. The summed E-state index contributed by atoms with van der Waals surface area (Å²) in [6.07, 6.45) is 2.60. The van der Waals surface area contributed by atoms with Gasteiger partial charge in [-0.2, -0.15) is 0 Å². The molecule has 1 N–H and O–H groups in total. The van der Waals surface area contributed by atoms with Crippen LogP contribution in [0.4, 0.5) is 0 Å². The van der Waals surface area contributed by atoms with Gasteiger partial charge in [-0.05, 0) is 36.6 Å². The summed E-state index contributed by atoms with van der Waals surface area (Å²) < 4.78 is 0. The Morgan fingerprint density at radius 2 is 1.78 bits per heavy atom. The lowest BCUT2D eigenvalue weighted by Crippen LogP contribution is -2.47. The number of carbonyl (C=O) groups excluding carboxylic acids is 2. The number of aryl methyl sites for hydroxylation is 1. The van der Waals surface area contributed by atoms with Gasteiger partial charge in [-0.25, -0.2) is 0 Å². The first-order valence-corrected chi connectivity index (χ1v) is 9.35. The number of nitrogens with one attached hydrogen (secondary N) is 1. The van der Waals surface area contributed by atoms with E-state index >= 15 is 0 Å². The Kier molecular flexibility index (Phi) is 8.08. The summed E-state index contributed by atoms with van der Waals surface area (Å²) in [5, 5.41) is 3.40. The first-order chi connectivity index (χ1) is 13.0. The fourth-order valence-electron chi connectivity index (χ4n) is 2.73. The highest BCUT2D eigenvalue weighted by atomic mass is 35.5. The van der Waals surface area contributed by atoms with E-state index in [0.717, 1.165) is 11.1 Å². The minimum absolute atomic E-state index is 0.0601. The molecule has 2 rings (SSSR count). The number of hydrogen-bond donors (Lipinski definition) is 1. The minimum atomic E-state index is -0.580. The van der Waals surface area contributed by atoms with Crippen LogP contribution in [0.1, 0.15) is 24.5 Å². The van der Waals surface area contributed by atoms with E-state index in [1.165, 1.54) is 0 Å². The predicted octanol–water partition coefficient (Wildman–Crippen LogP) is 3.99. The summed E-state index contributed by atoms with van der Waals surface area (Å²) in [5.74, 6) is -0.257. The molecule has 1 atom stereocenters. The molecule has 0 aliphatic rings. The van der Waals surface area contributed by atoms with Gasteiger partial charge in [0.05, 0.1) is 0 Å². The first-order valence-electron chi connectivity index (χ1n) is 8.97. The van der Waals surface area contributed by atoms with Gasteiger partial charge in [0, 0.05) is 24.5 Å². The normalized spacial score (nSPS) is 11.5. The lowest BCUT2D eigenvalue weighted by atomic mass is 10.1. The molecule has 0 saturated carbocycles. The molecule has 5 heteroatoms. The second-order valence-corrected chi connectivity index (χ2v) is 6.78. The fraction of sp³-hybridized carbons (Fsp3) is 0.273. The van der Waals surface area contributed by atoms with Gasteiger partial charge in [-0.15, -0.1) is 6.58 Å². The molecule has 0 aromatic heterocycles. The quantitative estimate of drug-likeness (QED) is 0.664. The molecule has 27 heavy (non-hydrogen) atoms. The molecular formula is C22H25ClN2O2. The zero-order valence-corrected chi connectivity index (χ0v) is 16.3. The van der Waals surface area contributed by atoms with E-state index in [1.807, 2.05) is 42.5 Å². The predicted molar refractivity (Wildman–Crippen MR) is 109 cm³/mol. The largest absolute Gasteiger partial charge is 0.351 e. The highest BCUT2D eigenvalue weighted by molar-refractivity contribution is 6.30. The molecular weight excluding hydrogens is 360 g/mol. The van der Waals surface area contributed by atoms with Crippen molar-refractivity contribution in [3.8, 4) is 0 Å². The van der Waals surface area contributed by atoms with Crippen LogP contribution in [-0.4, -0.2) is 29.3 Å². The van der Waals surface area contributed by atoms with Crippen molar-refractivity contribution < 1.29 is 9.59 Å². The summed E-state index contributed by atoms with van der Waals surface area (Å²) in [5.41, 5.74) is 2.02. The van der Waals surface area contributed by atoms with Crippen LogP contribution in [0.25, 0.3) is 0 Å². The molecule has 0 aliphatic carbocycles. The standard InChI is InChI=1S/C22H25ClN2O2/c1-3-15-24-22(27)17(2)25(16-19-9-12-20(23)13-10-19)21(26)14-11-18-7-5-4-6-8-18/h3-10,12-13,17H,1,11,14-16H2,2H3,(H,24,27). The molecule has 0 aliphatic heterocycles. The number of nitrogens with zero attached hydrogens (tertiary/aromatic N) is 1. The summed E-state index contributed by atoms with van der Waals surface area (Å²) in [4.78, 5) is 26.9. The monoisotopic (exact) mass is 384 g/mol. The van der Waals surface area contributed by atoms with Gasteiger partial charge in [-0.1, -0.05) is 60.1 Å². The molecule has 142 valence electrons. The van der Waals surface area contributed by atoms with Crippen LogP contribution in [0, 0.1) is 0 Å². The maximum absolute atomic E-state index is 12.9. The van der Waals surface area contributed by atoms with E-state index in [2.05, 4.69) is 11.9 Å². The molecule has 4 nitrogen and oxygen atoms in total. The third-order valence-corrected chi connectivity index (χ3v) is 4.58. The van der Waals surface area contributed by atoms with Gasteiger partial charge in [-0.3, -0.25) is 9.59 Å². The molecule has 0 radical (unpaired) electrons. The van der Waals surface area contributed by atoms with Crippen LogP contribution in [0.15, 0.2) is 67.3 Å². The Bertz CT molecular complexity index is 760. The van der Waals surface area contributed by atoms with E-state index in [4.69, 9.17) is 11.6 Å². The Hall–Kier alpha value is -2.59. The Balaban J connectivity index is 2.11. The van der Waals surface area contributed by atoms with Crippen LogP contribution >= 0.6 is 11.6 Å².